The number of rotatable bonds is 6. The van der Waals surface area contributed by atoms with E-state index in [0.29, 0.717) is 11.8 Å². The Balaban J connectivity index is 1.80. The number of nitrogens with one attached hydrogen (secondary N) is 1. The normalized spacial score (nSPS) is 15.4. The molecule has 0 atom stereocenters. The third-order valence-electron chi connectivity index (χ3n) is 4.15. The molecule has 1 aliphatic heterocycles. The van der Waals surface area contributed by atoms with E-state index >= 15 is 0 Å². The van der Waals surface area contributed by atoms with E-state index in [0.717, 1.165) is 36.6 Å². The predicted octanol–water partition coefficient (Wildman–Crippen LogP) is 4.59. The maximum Gasteiger partial charge on any atom is 0.250 e. The zero-order chi connectivity index (χ0) is 18.6. The average molecular weight is 433 g/mol. The van der Waals surface area contributed by atoms with Crippen molar-refractivity contribution in [3.05, 3.63) is 30.1 Å². The fraction of sp³-hybridized carbons (Fsp3) is 0.471. The fourth-order valence-corrected chi connectivity index (χ4v) is 3.44. The Labute approximate surface area is 172 Å². The summed E-state index contributed by atoms with van der Waals surface area (Å²) in [5.41, 5.74) is 0.850. The van der Waals surface area contributed by atoms with Crippen LogP contribution in [0.2, 0.25) is 0 Å². The van der Waals surface area contributed by atoms with Crippen LogP contribution in [0.1, 0.15) is 18.7 Å². The summed E-state index contributed by atoms with van der Waals surface area (Å²) in [6, 6.07) is 7.94. The molecule has 0 amide bonds. The zero-order valence-electron chi connectivity index (χ0n) is 14.4. The molecule has 5 nitrogen and oxygen atoms in total. The highest BCUT2D eigenvalue weighted by atomic mass is 35.6. The quantitative estimate of drug-likeness (QED) is 0.532. The lowest BCUT2D eigenvalue weighted by molar-refractivity contribution is 0.352. The monoisotopic (exact) mass is 431 g/mol. The molecule has 0 spiro atoms. The van der Waals surface area contributed by atoms with Crippen LogP contribution in [0.5, 0.6) is 0 Å². The van der Waals surface area contributed by atoms with E-state index in [1.807, 2.05) is 30.5 Å². The Morgan fingerprint density at radius 1 is 1.08 bits per heavy atom. The molecule has 26 heavy (non-hydrogen) atoms. The third-order valence-corrected chi connectivity index (χ3v) is 5.40. The molecule has 3 rings (SSSR count). The van der Waals surface area contributed by atoms with Crippen LogP contribution in [-0.4, -0.2) is 52.3 Å². The number of thioether (sulfide) groups is 1. The summed E-state index contributed by atoms with van der Waals surface area (Å²) in [7, 11) is 0. The molecule has 0 aliphatic carbocycles. The minimum atomic E-state index is -1.71. The van der Waals surface area contributed by atoms with Crippen LogP contribution in [0.4, 0.5) is 5.95 Å². The number of alkyl halides is 3. The first-order valence-electron chi connectivity index (χ1n) is 8.39. The van der Waals surface area contributed by atoms with Gasteiger partial charge in [-0.1, -0.05) is 46.9 Å². The number of halogens is 3. The van der Waals surface area contributed by atoms with E-state index in [9.17, 15) is 0 Å². The fourth-order valence-electron chi connectivity index (χ4n) is 2.78. The van der Waals surface area contributed by atoms with Gasteiger partial charge in [-0.15, -0.1) is 11.8 Å². The maximum atomic E-state index is 6.01. The molecule has 9 heteroatoms. The molecule has 2 heterocycles. The molecule has 1 aliphatic rings. The minimum Gasteiger partial charge on any atom is -0.353 e. The summed E-state index contributed by atoms with van der Waals surface area (Å²) in [5, 5.41) is 3.23. The molecule has 1 aromatic carbocycles. The molecule has 0 radical (unpaired) electrons. The lowest BCUT2D eigenvalue weighted by atomic mass is 10.2. The van der Waals surface area contributed by atoms with Crippen molar-refractivity contribution in [2.45, 2.75) is 21.5 Å². The molecule has 0 bridgehead atoms. The van der Waals surface area contributed by atoms with Crippen molar-refractivity contribution in [2.24, 2.45) is 0 Å². The van der Waals surface area contributed by atoms with E-state index < -0.39 is 3.79 Å². The Bertz CT molecular complexity index is 730. The van der Waals surface area contributed by atoms with Crippen molar-refractivity contribution in [2.75, 3.05) is 37.8 Å². The number of anilines is 1. The van der Waals surface area contributed by atoms with Gasteiger partial charge in [-0.25, -0.2) is 4.98 Å². The first kappa shape index (κ1) is 20.0. The highest BCUT2D eigenvalue weighted by Gasteiger charge is 2.28. The van der Waals surface area contributed by atoms with Crippen molar-refractivity contribution in [3.8, 4) is 11.4 Å². The number of hydrogen-bond donors (Lipinski definition) is 1. The Morgan fingerprint density at radius 3 is 2.38 bits per heavy atom. The van der Waals surface area contributed by atoms with E-state index in [1.54, 1.807) is 11.8 Å². The molecule has 1 aromatic heterocycles. The molecule has 140 valence electrons. The maximum absolute atomic E-state index is 6.01. The second-order valence-corrected chi connectivity index (χ2v) is 9.17. The van der Waals surface area contributed by atoms with Crippen LogP contribution in [0.25, 0.3) is 11.4 Å². The van der Waals surface area contributed by atoms with Crippen molar-refractivity contribution < 1.29 is 0 Å². The van der Waals surface area contributed by atoms with Crippen molar-refractivity contribution in [1.82, 2.24) is 19.9 Å². The predicted molar refractivity (Wildman–Crippen MR) is 110 cm³/mol. The average Bonchev–Trinajstić information content (AvgIpc) is 3.14. The summed E-state index contributed by atoms with van der Waals surface area (Å²) >= 11 is 19.7. The van der Waals surface area contributed by atoms with Crippen LogP contribution < -0.4 is 5.32 Å². The number of nitrogens with zero attached hydrogens (tertiary/aromatic N) is 4. The van der Waals surface area contributed by atoms with Crippen LogP contribution in [0.3, 0.4) is 0 Å². The first-order chi connectivity index (χ1) is 12.5. The molecular formula is C17H20Cl3N5S. The van der Waals surface area contributed by atoms with Gasteiger partial charge in [-0.2, -0.15) is 9.97 Å². The molecule has 0 unspecified atom stereocenters. The summed E-state index contributed by atoms with van der Waals surface area (Å²) < 4.78 is -1.71. The highest BCUT2D eigenvalue weighted by Crippen LogP contribution is 2.36. The van der Waals surface area contributed by atoms with E-state index in [1.165, 1.54) is 12.8 Å². The molecule has 1 saturated heterocycles. The Kier molecular flexibility index (Phi) is 6.86. The minimum absolute atomic E-state index is 0.116. The van der Waals surface area contributed by atoms with Gasteiger partial charge in [0.05, 0.1) is 0 Å². The highest BCUT2D eigenvalue weighted by molar-refractivity contribution is 7.98. The summed E-state index contributed by atoms with van der Waals surface area (Å²) in [6.45, 7) is 3.96. The van der Waals surface area contributed by atoms with Gasteiger partial charge in [-0.3, -0.25) is 0 Å². The number of aromatic nitrogens is 3. The number of likely N-dealkylation sites (tertiary alicyclic amines) is 1. The van der Waals surface area contributed by atoms with Crippen LogP contribution >= 0.6 is 46.6 Å². The Hall–Kier alpha value is -0.790. The van der Waals surface area contributed by atoms with Crippen molar-refractivity contribution in [1.29, 1.82) is 0 Å². The largest absolute Gasteiger partial charge is 0.353 e. The molecule has 2 aromatic rings. The third kappa shape index (κ3) is 5.36. The van der Waals surface area contributed by atoms with E-state index in [4.69, 9.17) is 34.8 Å². The van der Waals surface area contributed by atoms with Gasteiger partial charge in [0, 0.05) is 23.5 Å². The van der Waals surface area contributed by atoms with Gasteiger partial charge in [0.1, 0.15) is 0 Å². The summed E-state index contributed by atoms with van der Waals surface area (Å²) in [6.07, 6.45) is 4.56. The second kappa shape index (κ2) is 8.93. The first-order valence-corrected chi connectivity index (χ1v) is 10.8. The van der Waals surface area contributed by atoms with Crippen LogP contribution in [-0.2, 0) is 3.79 Å². The van der Waals surface area contributed by atoms with Crippen LogP contribution in [0.15, 0.2) is 29.2 Å². The molecule has 0 saturated carbocycles. The summed E-state index contributed by atoms with van der Waals surface area (Å²) in [5.74, 6) is 1.02. The molecular weight excluding hydrogens is 413 g/mol. The second-order valence-electron chi connectivity index (χ2n) is 6.01. The van der Waals surface area contributed by atoms with Crippen molar-refractivity contribution >= 4 is 52.5 Å². The lowest BCUT2D eigenvalue weighted by Crippen LogP contribution is -2.26. The Morgan fingerprint density at radius 2 is 1.77 bits per heavy atom. The van der Waals surface area contributed by atoms with Gasteiger partial charge in [0.25, 0.3) is 0 Å². The van der Waals surface area contributed by atoms with Gasteiger partial charge < -0.3 is 10.2 Å². The van der Waals surface area contributed by atoms with Gasteiger partial charge in [0.2, 0.25) is 9.74 Å². The van der Waals surface area contributed by atoms with E-state index in [-0.39, 0.29) is 5.82 Å². The van der Waals surface area contributed by atoms with Gasteiger partial charge >= 0.3 is 0 Å². The van der Waals surface area contributed by atoms with Crippen molar-refractivity contribution in [3.63, 3.8) is 0 Å². The SMILES string of the molecule is CSc1ccc(-c2nc(NCCN3CCCC3)nc(C(Cl)(Cl)Cl)n2)cc1. The standard InChI is InChI=1S/C17H20Cl3N5S/c1-26-13-6-4-12(5-7-13)14-22-15(17(18,19)20)24-16(23-14)21-8-11-25-9-2-3-10-25/h4-7H,2-3,8-11H2,1H3,(H,21,22,23,24). The molecule has 1 N–H and O–H groups in total. The number of benzene rings is 1. The summed E-state index contributed by atoms with van der Waals surface area (Å²) in [4.78, 5) is 16.7. The van der Waals surface area contributed by atoms with Crippen LogP contribution in [0, 0.1) is 0 Å². The lowest BCUT2D eigenvalue weighted by Gasteiger charge is -2.16. The smallest absolute Gasteiger partial charge is 0.250 e. The van der Waals surface area contributed by atoms with Gasteiger partial charge in [-0.05, 0) is 44.3 Å². The van der Waals surface area contributed by atoms with Gasteiger partial charge in [0.15, 0.2) is 11.6 Å². The topological polar surface area (TPSA) is 53.9 Å². The van der Waals surface area contributed by atoms with E-state index in [2.05, 4.69) is 25.2 Å². The zero-order valence-corrected chi connectivity index (χ0v) is 17.5. The number of hydrogen-bond acceptors (Lipinski definition) is 6. The molecule has 1 fully saturated rings.